The highest BCUT2D eigenvalue weighted by Gasteiger charge is 2.33. The maximum Gasteiger partial charge on any atom is 0.415 e. The number of pyridine rings is 1. The van der Waals surface area contributed by atoms with E-state index in [2.05, 4.69) is 20.2 Å². The van der Waals surface area contributed by atoms with Crippen molar-refractivity contribution in [2.24, 2.45) is 0 Å². The van der Waals surface area contributed by atoms with Crippen molar-refractivity contribution in [1.82, 2.24) is 15.0 Å². The fraction of sp³-hybridized carbons (Fsp3) is 0.407. The number of hydrogen-bond donors (Lipinski definition) is 1. The molecule has 2 aromatic heterocycles. The third kappa shape index (κ3) is 6.39. The largest absolute Gasteiger partial charge is 0.474 e. The summed E-state index contributed by atoms with van der Waals surface area (Å²) in [6.07, 6.45) is 4.88. The van der Waals surface area contributed by atoms with Crippen LogP contribution in [0.4, 0.5) is 27.8 Å². The highest BCUT2D eigenvalue weighted by molar-refractivity contribution is 7.89. The summed E-state index contributed by atoms with van der Waals surface area (Å²) in [5.74, 6) is 0.704. The summed E-state index contributed by atoms with van der Waals surface area (Å²) >= 11 is 6.89. The molecule has 0 unspecified atom stereocenters. The molecular weight excluding hydrogens is 556 g/mol. The Balaban J connectivity index is 1.35. The number of aromatic nitrogens is 3. The molecule has 11 nitrogen and oxygen atoms in total. The van der Waals surface area contributed by atoms with Gasteiger partial charge in [0.1, 0.15) is 17.9 Å². The highest BCUT2D eigenvalue weighted by atomic mass is 35.5. The first-order valence-corrected chi connectivity index (χ1v) is 15.3. The minimum atomic E-state index is -3.11. The van der Waals surface area contributed by atoms with Gasteiger partial charge in [0.15, 0.2) is 9.84 Å². The zero-order valence-corrected chi connectivity index (χ0v) is 24.3. The molecule has 0 aliphatic carbocycles. The van der Waals surface area contributed by atoms with Gasteiger partial charge in [-0.25, -0.2) is 28.2 Å². The Labute approximate surface area is 238 Å². The molecule has 2 aliphatic heterocycles. The molecule has 1 N–H and O–H groups in total. The molecule has 3 aromatic rings. The van der Waals surface area contributed by atoms with Crippen molar-refractivity contribution < 1.29 is 22.7 Å². The molecule has 5 rings (SSSR count). The molecule has 0 saturated heterocycles. The molecule has 1 aromatic carbocycles. The van der Waals surface area contributed by atoms with Crippen LogP contribution in [0, 0.1) is 0 Å². The van der Waals surface area contributed by atoms with Gasteiger partial charge in [0.25, 0.3) is 0 Å². The summed E-state index contributed by atoms with van der Waals surface area (Å²) in [4.78, 5) is 30.1. The van der Waals surface area contributed by atoms with Gasteiger partial charge in [-0.15, -0.1) is 0 Å². The van der Waals surface area contributed by atoms with E-state index in [-0.39, 0.29) is 5.75 Å². The number of nitrogens with zero attached hydrogens (tertiary/aromatic N) is 5. The molecule has 40 heavy (non-hydrogen) atoms. The summed E-state index contributed by atoms with van der Waals surface area (Å²) in [7, 11) is -3.11. The highest BCUT2D eigenvalue weighted by Crippen LogP contribution is 2.43. The van der Waals surface area contributed by atoms with Crippen LogP contribution in [0.2, 0.25) is 5.02 Å². The van der Waals surface area contributed by atoms with Crippen molar-refractivity contribution in [2.75, 3.05) is 41.1 Å². The van der Waals surface area contributed by atoms with Gasteiger partial charge in [-0.2, -0.15) is 0 Å². The van der Waals surface area contributed by atoms with E-state index in [4.69, 9.17) is 26.1 Å². The lowest BCUT2D eigenvalue weighted by atomic mass is 10.1. The maximum absolute atomic E-state index is 12.9. The molecule has 4 heterocycles. The van der Waals surface area contributed by atoms with Crippen LogP contribution in [-0.4, -0.2) is 61.0 Å². The van der Waals surface area contributed by atoms with Crippen LogP contribution >= 0.6 is 11.6 Å². The molecule has 2 aliphatic rings. The normalized spacial score (nSPS) is 15.1. The number of carbonyl (C=O) groups excluding carboxylic acids is 1. The van der Waals surface area contributed by atoms with Crippen LogP contribution in [0.25, 0.3) is 0 Å². The van der Waals surface area contributed by atoms with Crippen LogP contribution < -0.4 is 19.9 Å². The molecule has 1 amide bonds. The first-order chi connectivity index (χ1) is 18.9. The number of anilines is 4. The van der Waals surface area contributed by atoms with E-state index in [1.807, 2.05) is 27.0 Å². The second-order valence-electron chi connectivity index (χ2n) is 10.8. The Morgan fingerprint density at radius 2 is 1.90 bits per heavy atom. The molecule has 0 spiro atoms. The Morgan fingerprint density at radius 1 is 1.15 bits per heavy atom. The third-order valence-electron chi connectivity index (χ3n) is 6.30. The van der Waals surface area contributed by atoms with E-state index in [1.54, 1.807) is 30.5 Å². The zero-order valence-electron chi connectivity index (χ0n) is 22.8. The standard InChI is InChI=1S/C27H31ClN6O5S/c1-27(2,3)39-26(35)34-11-12-38-24-23(34)22(28)21(14-29-24)33-10-9-18-13-30-25(32-20(18)15-33)31-19-7-5-17(6-8-19)16-40(4,36)37/h5-8,13-14H,9-12,15-16H2,1-4H3,(H,30,31,32). The third-order valence-corrected chi connectivity index (χ3v) is 7.53. The van der Waals surface area contributed by atoms with Gasteiger partial charge in [0.05, 0.1) is 41.4 Å². The van der Waals surface area contributed by atoms with Gasteiger partial charge in [0, 0.05) is 24.7 Å². The number of nitrogens with one attached hydrogen (secondary N) is 1. The predicted molar refractivity (Wildman–Crippen MR) is 153 cm³/mol. The van der Waals surface area contributed by atoms with Gasteiger partial charge < -0.3 is 19.7 Å². The Hall–Kier alpha value is -3.64. The molecular formula is C27H31ClN6O5S. The molecule has 0 bridgehead atoms. The van der Waals surface area contributed by atoms with Crippen LogP contribution in [0.3, 0.4) is 0 Å². The van der Waals surface area contributed by atoms with E-state index in [0.717, 1.165) is 16.9 Å². The number of fused-ring (bicyclic) bond motifs is 2. The van der Waals surface area contributed by atoms with Crippen molar-refractivity contribution in [1.29, 1.82) is 0 Å². The fourth-order valence-corrected chi connectivity index (χ4v) is 5.69. The van der Waals surface area contributed by atoms with Gasteiger partial charge in [-0.05, 0) is 50.5 Å². The van der Waals surface area contributed by atoms with Crippen LogP contribution in [-0.2, 0) is 33.3 Å². The number of rotatable bonds is 5. The summed E-state index contributed by atoms with van der Waals surface area (Å²) in [6.45, 7) is 7.16. The number of ether oxygens (including phenoxy) is 2. The topological polar surface area (TPSA) is 127 Å². The fourth-order valence-electron chi connectivity index (χ4n) is 4.54. The minimum Gasteiger partial charge on any atom is -0.474 e. The second-order valence-corrected chi connectivity index (χ2v) is 13.3. The van der Waals surface area contributed by atoms with E-state index >= 15 is 0 Å². The predicted octanol–water partition coefficient (Wildman–Crippen LogP) is 4.51. The number of benzene rings is 1. The molecule has 0 atom stereocenters. The van der Waals surface area contributed by atoms with Gasteiger partial charge >= 0.3 is 6.09 Å². The van der Waals surface area contributed by atoms with Crippen LogP contribution in [0.15, 0.2) is 36.7 Å². The van der Waals surface area contributed by atoms with Crippen LogP contribution in [0.1, 0.15) is 37.6 Å². The lowest BCUT2D eigenvalue weighted by molar-refractivity contribution is 0.0566. The van der Waals surface area contributed by atoms with Crippen molar-refractivity contribution in [3.8, 4) is 5.88 Å². The Morgan fingerprint density at radius 3 is 2.60 bits per heavy atom. The van der Waals surface area contributed by atoms with Gasteiger partial charge in [-0.3, -0.25) is 4.90 Å². The van der Waals surface area contributed by atoms with E-state index in [9.17, 15) is 13.2 Å². The SMILES string of the molecule is CC(C)(C)OC(=O)N1CCOc2ncc(N3CCc4cnc(Nc5ccc(CS(C)(=O)=O)cc5)nc4C3)c(Cl)c21. The number of sulfone groups is 1. The summed E-state index contributed by atoms with van der Waals surface area (Å²) < 4.78 is 34.4. The van der Waals surface area contributed by atoms with Gasteiger partial charge in [0.2, 0.25) is 11.8 Å². The zero-order chi connectivity index (χ0) is 28.7. The number of carbonyl (C=O) groups is 1. The van der Waals surface area contributed by atoms with Crippen molar-refractivity contribution >= 4 is 50.5 Å². The summed E-state index contributed by atoms with van der Waals surface area (Å²) in [6, 6.07) is 7.12. The van der Waals surface area contributed by atoms with Crippen LogP contribution in [0.5, 0.6) is 5.88 Å². The average Bonchev–Trinajstić information content (AvgIpc) is 2.87. The first-order valence-electron chi connectivity index (χ1n) is 12.8. The molecule has 0 radical (unpaired) electrons. The number of amides is 1. The molecule has 13 heteroatoms. The quantitative estimate of drug-likeness (QED) is 0.456. The number of hydrogen-bond acceptors (Lipinski definition) is 10. The summed E-state index contributed by atoms with van der Waals surface area (Å²) in [5.41, 5.74) is 3.73. The van der Waals surface area contributed by atoms with E-state index in [0.29, 0.717) is 66.5 Å². The lowest BCUT2D eigenvalue weighted by Gasteiger charge is -2.34. The van der Waals surface area contributed by atoms with Crippen molar-refractivity contribution in [3.05, 3.63) is 58.5 Å². The average molecular weight is 587 g/mol. The maximum atomic E-state index is 12.9. The monoisotopic (exact) mass is 586 g/mol. The number of halogens is 1. The lowest BCUT2D eigenvalue weighted by Crippen LogP contribution is -2.42. The first kappa shape index (κ1) is 27.9. The second kappa shape index (κ2) is 10.7. The molecule has 0 fully saturated rings. The smallest absolute Gasteiger partial charge is 0.415 e. The van der Waals surface area contributed by atoms with Crippen molar-refractivity contribution in [2.45, 2.75) is 45.1 Å². The minimum absolute atomic E-state index is 0.0137. The molecule has 212 valence electrons. The summed E-state index contributed by atoms with van der Waals surface area (Å²) in [5, 5.41) is 3.55. The van der Waals surface area contributed by atoms with E-state index in [1.165, 1.54) is 11.2 Å². The van der Waals surface area contributed by atoms with Gasteiger partial charge in [-0.1, -0.05) is 23.7 Å². The Kier molecular flexibility index (Phi) is 7.49. The molecule has 0 saturated carbocycles. The van der Waals surface area contributed by atoms with E-state index < -0.39 is 21.5 Å². The Bertz CT molecular complexity index is 1540. The van der Waals surface area contributed by atoms with Crippen molar-refractivity contribution in [3.63, 3.8) is 0 Å².